The van der Waals surface area contributed by atoms with Gasteiger partial charge in [-0.3, -0.25) is 0 Å². The van der Waals surface area contributed by atoms with E-state index in [2.05, 4.69) is 39.8 Å². The van der Waals surface area contributed by atoms with Gasteiger partial charge in [0.2, 0.25) is 0 Å². The first kappa shape index (κ1) is 18.1. The van der Waals surface area contributed by atoms with Crippen LogP contribution < -0.4 is 0 Å². The minimum atomic E-state index is -0.0818. The first-order chi connectivity index (χ1) is 10.2. The highest BCUT2D eigenvalue weighted by molar-refractivity contribution is 8.77. The van der Waals surface area contributed by atoms with E-state index in [1.165, 1.54) is 0 Å². The van der Waals surface area contributed by atoms with Crippen molar-refractivity contribution in [3.63, 3.8) is 0 Å². The molecular weight excluding hydrogens is 351 g/mol. The highest BCUT2D eigenvalue weighted by Crippen LogP contribution is 2.53. The molecule has 0 saturated carbocycles. The van der Waals surface area contributed by atoms with Crippen molar-refractivity contribution in [2.24, 2.45) is 0 Å². The molecule has 2 aromatic carbocycles. The molecule has 0 saturated heterocycles. The molecule has 0 amide bonds. The van der Waals surface area contributed by atoms with Crippen molar-refractivity contribution < 1.29 is 0 Å². The van der Waals surface area contributed by atoms with Crippen LogP contribution in [0.4, 0.5) is 0 Å². The van der Waals surface area contributed by atoms with Crippen LogP contribution >= 0.6 is 44.8 Å². The Bertz CT molecular complexity index is 594. The first-order valence-corrected chi connectivity index (χ1v) is 10.0. The average Bonchev–Trinajstić information content (AvgIpc) is 2.46. The molecule has 0 aliphatic heterocycles. The number of halogens is 2. The molecule has 0 heterocycles. The molecule has 0 radical (unpaired) electrons. The Hall–Kier alpha value is -0.280. The summed E-state index contributed by atoms with van der Waals surface area (Å²) in [5.41, 5.74) is 2.31. The first-order valence-electron chi connectivity index (χ1n) is 7.11. The summed E-state index contributed by atoms with van der Waals surface area (Å²) in [4.78, 5) is 0. The van der Waals surface area contributed by atoms with Crippen molar-refractivity contribution in [2.45, 2.75) is 37.2 Å². The van der Waals surface area contributed by atoms with E-state index < -0.39 is 0 Å². The average molecular weight is 371 g/mol. The molecule has 0 bridgehead atoms. The van der Waals surface area contributed by atoms with E-state index in [0.29, 0.717) is 0 Å². The quantitative estimate of drug-likeness (QED) is 0.498. The topological polar surface area (TPSA) is 0 Å². The summed E-state index contributed by atoms with van der Waals surface area (Å²) in [7, 11) is 3.66. The molecule has 0 unspecified atom stereocenters. The third kappa shape index (κ3) is 4.17. The maximum Gasteiger partial charge on any atom is 0.0470 e. The van der Waals surface area contributed by atoms with Gasteiger partial charge < -0.3 is 0 Å². The molecule has 0 N–H and O–H groups in total. The molecule has 2 aromatic rings. The minimum absolute atomic E-state index is 0.0818. The molecule has 22 heavy (non-hydrogen) atoms. The second-order valence-electron chi connectivity index (χ2n) is 6.15. The van der Waals surface area contributed by atoms with Crippen LogP contribution in [0.1, 0.15) is 38.8 Å². The van der Waals surface area contributed by atoms with Gasteiger partial charge in [-0.1, -0.05) is 81.2 Å². The molecule has 0 atom stereocenters. The number of benzene rings is 2. The summed E-state index contributed by atoms with van der Waals surface area (Å²) in [6.45, 7) is 8.81. The predicted octanol–water partition coefficient (Wildman–Crippen LogP) is 7.55. The normalized spacial score (nSPS) is 12.5. The van der Waals surface area contributed by atoms with Gasteiger partial charge in [-0.25, -0.2) is 0 Å². The number of rotatable bonds is 5. The zero-order valence-electron chi connectivity index (χ0n) is 13.2. The van der Waals surface area contributed by atoms with Crippen LogP contribution in [0.5, 0.6) is 0 Å². The Labute approximate surface area is 151 Å². The van der Waals surface area contributed by atoms with Crippen LogP contribution in [0.3, 0.4) is 0 Å². The van der Waals surface area contributed by atoms with Gasteiger partial charge in [-0.15, -0.1) is 0 Å². The van der Waals surface area contributed by atoms with E-state index in [4.69, 9.17) is 23.2 Å². The third-order valence-electron chi connectivity index (χ3n) is 3.50. The van der Waals surface area contributed by atoms with Crippen LogP contribution in [0, 0.1) is 0 Å². The van der Waals surface area contributed by atoms with Gasteiger partial charge in [0.05, 0.1) is 0 Å². The summed E-state index contributed by atoms with van der Waals surface area (Å²) < 4.78 is -0.164. The van der Waals surface area contributed by atoms with Crippen LogP contribution in [0.15, 0.2) is 48.5 Å². The Morgan fingerprint density at radius 1 is 0.636 bits per heavy atom. The summed E-state index contributed by atoms with van der Waals surface area (Å²) in [6, 6.07) is 16.1. The second-order valence-corrected chi connectivity index (χ2v) is 10.3. The van der Waals surface area contributed by atoms with E-state index >= 15 is 0 Å². The Kier molecular flexibility index (Phi) is 5.82. The highest BCUT2D eigenvalue weighted by Gasteiger charge is 2.30. The van der Waals surface area contributed by atoms with E-state index in [0.717, 1.165) is 21.2 Å². The highest BCUT2D eigenvalue weighted by atomic mass is 35.5. The number of hydrogen-bond acceptors (Lipinski definition) is 2. The van der Waals surface area contributed by atoms with Crippen LogP contribution in [0.2, 0.25) is 10.0 Å². The Morgan fingerprint density at radius 3 is 1.27 bits per heavy atom. The molecule has 0 spiro atoms. The predicted molar refractivity (Wildman–Crippen MR) is 104 cm³/mol. The summed E-state index contributed by atoms with van der Waals surface area (Å²) in [5, 5.41) is 1.63. The molecule has 0 nitrogen and oxygen atoms in total. The van der Waals surface area contributed by atoms with Gasteiger partial charge in [0.1, 0.15) is 0 Å². The van der Waals surface area contributed by atoms with E-state index in [9.17, 15) is 0 Å². The minimum Gasteiger partial charge on any atom is -0.0840 e. The maximum absolute atomic E-state index is 6.36. The van der Waals surface area contributed by atoms with Crippen molar-refractivity contribution in [2.75, 3.05) is 0 Å². The molecular formula is C18H20Cl2S2. The van der Waals surface area contributed by atoms with Gasteiger partial charge in [0.15, 0.2) is 0 Å². The van der Waals surface area contributed by atoms with Crippen molar-refractivity contribution >= 4 is 44.8 Å². The molecule has 0 aliphatic carbocycles. The molecule has 4 heteroatoms. The fourth-order valence-electron chi connectivity index (χ4n) is 2.20. The molecule has 118 valence electrons. The van der Waals surface area contributed by atoms with E-state index in [-0.39, 0.29) is 9.49 Å². The SMILES string of the molecule is CC(C)(SSC(C)(C)c1ccccc1Cl)c1ccccc1Cl. The monoisotopic (exact) mass is 370 g/mol. The smallest absolute Gasteiger partial charge is 0.0470 e. The zero-order valence-corrected chi connectivity index (χ0v) is 16.3. The lowest BCUT2D eigenvalue weighted by Gasteiger charge is -2.31. The fraction of sp³-hybridized carbons (Fsp3) is 0.333. The van der Waals surface area contributed by atoms with E-state index in [1.54, 1.807) is 0 Å². The van der Waals surface area contributed by atoms with Crippen LogP contribution in [-0.4, -0.2) is 0 Å². The Balaban J connectivity index is 2.18. The molecule has 0 aromatic heterocycles. The van der Waals surface area contributed by atoms with Gasteiger partial charge in [0, 0.05) is 19.5 Å². The number of hydrogen-bond donors (Lipinski definition) is 0. The van der Waals surface area contributed by atoms with Crippen LogP contribution in [0.25, 0.3) is 0 Å². The van der Waals surface area contributed by atoms with Crippen molar-refractivity contribution in [3.8, 4) is 0 Å². The third-order valence-corrected chi connectivity index (χ3v) is 8.27. The van der Waals surface area contributed by atoms with Gasteiger partial charge in [-0.05, 0) is 51.0 Å². The zero-order chi connectivity index (χ0) is 16.4. The fourth-order valence-corrected chi connectivity index (χ4v) is 5.79. The molecule has 0 fully saturated rings. The second kappa shape index (κ2) is 7.09. The standard InChI is InChI=1S/C18H20Cl2S2/c1-17(2,13-9-5-7-11-15(13)19)21-22-18(3,4)14-10-6-8-12-16(14)20/h5-12H,1-4H3. The largest absolute Gasteiger partial charge is 0.0840 e. The summed E-state index contributed by atoms with van der Waals surface area (Å²) in [5.74, 6) is 0. The summed E-state index contributed by atoms with van der Waals surface area (Å²) >= 11 is 12.7. The maximum atomic E-state index is 6.36. The van der Waals surface area contributed by atoms with Crippen molar-refractivity contribution in [1.82, 2.24) is 0 Å². The molecule has 0 aliphatic rings. The van der Waals surface area contributed by atoms with E-state index in [1.807, 2.05) is 58.0 Å². The lowest BCUT2D eigenvalue weighted by atomic mass is 10.0. The summed E-state index contributed by atoms with van der Waals surface area (Å²) in [6.07, 6.45) is 0. The lowest BCUT2D eigenvalue weighted by molar-refractivity contribution is 0.779. The van der Waals surface area contributed by atoms with Gasteiger partial charge >= 0.3 is 0 Å². The van der Waals surface area contributed by atoms with Gasteiger partial charge in [-0.2, -0.15) is 0 Å². The van der Waals surface area contributed by atoms with Crippen molar-refractivity contribution in [3.05, 3.63) is 69.7 Å². The van der Waals surface area contributed by atoms with Gasteiger partial charge in [0.25, 0.3) is 0 Å². The van der Waals surface area contributed by atoms with Crippen molar-refractivity contribution in [1.29, 1.82) is 0 Å². The Morgan fingerprint density at radius 2 is 0.955 bits per heavy atom. The van der Waals surface area contributed by atoms with Crippen LogP contribution in [-0.2, 0) is 9.49 Å². The molecule has 2 rings (SSSR count). The lowest BCUT2D eigenvalue weighted by Crippen LogP contribution is -2.16.